The van der Waals surface area contributed by atoms with Crippen molar-refractivity contribution in [1.29, 1.82) is 0 Å². The summed E-state index contributed by atoms with van der Waals surface area (Å²) in [6.45, 7) is 1.36. The number of amides is 1. The van der Waals surface area contributed by atoms with E-state index < -0.39 is 11.7 Å². The Kier molecular flexibility index (Phi) is 5.08. The van der Waals surface area contributed by atoms with Crippen LogP contribution in [-0.4, -0.2) is 43.2 Å². The summed E-state index contributed by atoms with van der Waals surface area (Å²) in [6.07, 6.45) is -0.645. The van der Waals surface area contributed by atoms with E-state index in [-0.39, 0.29) is 30.3 Å². The summed E-state index contributed by atoms with van der Waals surface area (Å²) >= 11 is 0. The summed E-state index contributed by atoms with van der Waals surface area (Å²) in [5.74, 6) is 0.165. The number of carbonyl (C=O) groups is 1. The monoisotopic (exact) mass is 419 g/mol. The molecule has 0 saturated carbocycles. The number of aromatic nitrogens is 4. The van der Waals surface area contributed by atoms with Gasteiger partial charge in [0.05, 0.1) is 18.1 Å². The normalized spacial score (nSPS) is 14.9. The summed E-state index contributed by atoms with van der Waals surface area (Å²) in [5, 5.41) is 4.42. The molecule has 0 bridgehead atoms. The molecule has 0 N–H and O–H groups in total. The van der Waals surface area contributed by atoms with Crippen LogP contribution in [0.15, 0.2) is 41.6 Å². The maximum Gasteiger partial charge on any atom is 0.416 e. The number of nitrogens with zero attached hydrogens (tertiary/aromatic N) is 5. The second-order valence-electron chi connectivity index (χ2n) is 7.56. The molecule has 1 aliphatic heterocycles. The molecule has 1 aromatic carbocycles. The lowest BCUT2D eigenvalue weighted by molar-refractivity contribution is -0.138. The zero-order chi connectivity index (χ0) is 21.5. The lowest BCUT2D eigenvalue weighted by atomic mass is 9.91. The Morgan fingerprint density at radius 1 is 1.20 bits per heavy atom. The van der Waals surface area contributed by atoms with Gasteiger partial charge in [0.25, 0.3) is 5.56 Å². The van der Waals surface area contributed by atoms with E-state index in [2.05, 4.69) is 10.1 Å². The molecule has 3 heterocycles. The summed E-state index contributed by atoms with van der Waals surface area (Å²) in [7, 11) is 1.70. The Balaban J connectivity index is 1.28. The highest BCUT2D eigenvalue weighted by Crippen LogP contribution is 2.30. The molecule has 0 unspecified atom stereocenters. The van der Waals surface area contributed by atoms with E-state index >= 15 is 0 Å². The molecule has 158 valence electrons. The Labute approximate surface area is 169 Å². The third-order valence-corrected chi connectivity index (χ3v) is 5.40. The highest BCUT2D eigenvalue weighted by molar-refractivity contribution is 5.77. The number of hydrogen-bond donors (Lipinski definition) is 0. The highest BCUT2D eigenvalue weighted by atomic mass is 19.4. The second kappa shape index (κ2) is 7.58. The SMILES string of the molecule is Cn1ncc2c(=O)n(CCC(=O)N3CC(Cc4ccc(C(F)(F)F)cc4)C3)cnc21. The Hall–Kier alpha value is -3.17. The predicted octanol–water partition coefficient (Wildman–Crippen LogP) is 2.24. The zero-order valence-electron chi connectivity index (χ0n) is 16.3. The van der Waals surface area contributed by atoms with Crippen molar-refractivity contribution in [2.75, 3.05) is 13.1 Å². The molecule has 7 nitrogen and oxygen atoms in total. The van der Waals surface area contributed by atoms with E-state index in [9.17, 15) is 22.8 Å². The minimum Gasteiger partial charge on any atom is -0.342 e. The molecule has 0 aliphatic carbocycles. The maximum atomic E-state index is 12.6. The summed E-state index contributed by atoms with van der Waals surface area (Å²) < 4.78 is 40.8. The number of fused-ring (bicyclic) bond motifs is 1. The average Bonchev–Trinajstić information content (AvgIpc) is 3.05. The van der Waals surface area contributed by atoms with Crippen LogP contribution in [0.1, 0.15) is 17.5 Å². The molecule has 30 heavy (non-hydrogen) atoms. The molecule has 4 rings (SSSR count). The number of halogens is 3. The van der Waals surface area contributed by atoms with Gasteiger partial charge in [0.1, 0.15) is 5.39 Å². The van der Waals surface area contributed by atoms with Crippen LogP contribution < -0.4 is 5.56 Å². The van der Waals surface area contributed by atoms with Crippen LogP contribution in [0.5, 0.6) is 0 Å². The standard InChI is InChI=1S/C20H20F3N5O2/c1-26-18-16(9-25-26)19(30)27(12-24-18)7-6-17(29)28-10-14(11-28)8-13-2-4-15(5-3-13)20(21,22)23/h2-5,9,12,14H,6-8,10-11H2,1H3. The zero-order valence-corrected chi connectivity index (χ0v) is 16.3. The first-order chi connectivity index (χ1) is 14.2. The van der Waals surface area contributed by atoms with Crippen LogP contribution in [0.2, 0.25) is 0 Å². The smallest absolute Gasteiger partial charge is 0.342 e. The first-order valence-electron chi connectivity index (χ1n) is 9.53. The number of hydrogen-bond acceptors (Lipinski definition) is 4. The Morgan fingerprint density at radius 2 is 1.90 bits per heavy atom. The third kappa shape index (κ3) is 3.94. The molecule has 0 radical (unpaired) electrons. The van der Waals surface area contributed by atoms with Gasteiger partial charge in [-0.3, -0.25) is 18.8 Å². The topological polar surface area (TPSA) is 73.0 Å². The first-order valence-corrected chi connectivity index (χ1v) is 9.53. The molecular formula is C20H20F3N5O2. The van der Waals surface area contributed by atoms with Gasteiger partial charge in [-0.2, -0.15) is 18.3 Å². The van der Waals surface area contributed by atoms with Crippen molar-refractivity contribution in [1.82, 2.24) is 24.2 Å². The lowest BCUT2D eigenvalue weighted by Gasteiger charge is -2.39. The van der Waals surface area contributed by atoms with Crippen LogP contribution in [0.4, 0.5) is 13.2 Å². The Bertz CT molecular complexity index is 1130. The number of alkyl halides is 3. The molecule has 1 fully saturated rings. The van der Waals surface area contributed by atoms with Crippen LogP contribution in [0.3, 0.4) is 0 Å². The number of benzene rings is 1. The van der Waals surface area contributed by atoms with E-state index in [0.29, 0.717) is 30.5 Å². The van der Waals surface area contributed by atoms with Crippen molar-refractivity contribution in [3.05, 3.63) is 58.3 Å². The minimum absolute atomic E-state index is 0.0585. The van der Waals surface area contributed by atoms with Crippen molar-refractivity contribution in [3.8, 4) is 0 Å². The summed E-state index contributed by atoms with van der Waals surface area (Å²) in [4.78, 5) is 30.7. The van der Waals surface area contributed by atoms with Gasteiger partial charge in [0, 0.05) is 33.1 Å². The quantitative estimate of drug-likeness (QED) is 0.636. The van der Waals surface area contributed by atoms with Gasteiger partial charge in [-0.05, 0) is 30.0 Å². The van der Waals surface area contributed by atoms with Crippen LogP contribution in [0.25, 0.3) is 11.0 Å². The molecule has 2 aromatic heterocycles. The molecule has 10 heteroatoms. The molecule has 1 aliphatic rings. The largest absolute Gasteiger partial charge is 0.416 e. The van der Waals surface area contributed by atoms with Crippen LogP contribution in [0, 0.1) is 5.92 Å². The highest BCUT2D eigenvalue weighted by Gasteiger charge is 2.32. The molecule has 0 atom stereocenters. The Morgan fingerprint density at radius 3 is 2.57 bits per heavy atom. The fourth-order valence-corrected chi connectivity index (χ4v) is 3.67. The van der Waals surface area contributed by atoms with Gasteiger partial charge in [-0.1, -0.05) is 12.1 Å². The molecular weight excluding hydrogens is 399 g/mol. The van der Waals surface area contributed by atoms with Gasteiger partial charge >= 0.3 is 6.18 Å². The number of rotatable bonds is 5. The van der Waals surface area contributed by atoms with Gasteiger partial charge < -0.3 is 4.90 Å². The number of likely N-dealkylation sites (tertiary alicyclic amines) is 1. The van der Waals surface area contributed by atoms with Gasteiger partial charge in [-0.25, -0.2) is 4.98 Å². The fraction of sp³-hybridized carbons (Fsp3) is 0.400. The summed E-state index contributed by atoms with van der Waals surface area (Å²) in [5.41, 5.74) is 0.425. The molecule has 3 aromatic rings. The lowest BCUT2D eigenvalue weighted by Crippen LogP contribution is -2.51. The average molecular weight is 419 g/mol. The second-order valence-corrected chi connectivity index (χ2v) is 7.56. The van der Waals surface area contributed by atoms with Crippen LogP contribution >= 0.6 is 0 Å². The van der Waals surface area contributed by atoms with Gasteiger partial charge in [0.2, 0.25) is 5.91 Å². The number of aryl methyl sites for hydroxylation is 2. The summed E-state index contributed by atoms with van der Waals surface area (Å²) in [6, 6.07) is 5.14. The van der Waals surface area contributed by atoms with E-state index in [4.69, 9.17) is 0 Å². The molecule has 0 spiro atoms. The van der Waals surface area contributed by atoms with Crippen LogP contribution in [-0.2, 0) is 31.0 Å². The predicted molar refractivity (Wildman–Crippen MR) is 103 cm³/mol. The fourth-order valence-electron chi connectivity index (χ4n) is 3.67. The number of carbonyl (C=O) groups excluding carboxylic acids is 1. The van der Waals surface area contributed by atoms with Crippen molar-refractivity contribution in [2.45, 2.75) is 25.6 Å². The molecule has 1 amide bonds. The minimum atomic E-state index is -4.34. The molecule has 1 saturated heterocycles. The van der Waals surface area contributed by atoms with E-state index in [1.54, 1.807) is 11.9 Å². The third-order valence-electron chi connectivity index (χ3n) is 5.40. The van der Waals surface area contributed by atoms with Crippen molar-refractivity contribution in [2.24, 2.45) is 13.0 Å². The first kappa shape index (κ1) is 20.1. The van der Waals surface area contributed by atoms with Gasteiger partial charge in [-0.15, -0.1) is 0 Å². The van der Waals surface area contributed by atoms with E-state index in [1.807, 2.05) is 0 Å². The maximum absolute atomic E-state index is 12.6. The van der Waals surface area contributed by atoms with Crippen molar-refractivity contribution < 1.29 is 18.0 Å². The van der Waals surface area contributed by atoms with Crippen molar-refractivity contribution >= 4 is 16.9 Å². The van der Waals surface area contributed by atoms with E-state index in [0.717, 1.165) is 17.7 Å². The van der Waals surface area contributed by atoms with Crippen molar-refractivity contribution in [3.63, 3.8) is 0 Å². The van der Waals surface area contributed by atoms with E-state index in [1.165, 1.54) is 33.9 Å². The van der Waals surface area contributed by atoms with Gasteiger partial charge in [0.15, 0.2) is 5.65 Å².